The van der Waals surface area contributed by atoms with Gasteiger partial charge in [-0.2, -0.15) is 0 Å². The number of nitrogens with zero attached hydrogens (tertiary/aromatic N) is 5. The normalized spacial score (nSPS) is 15.0. The fraction of sp³-hybridized carbons (Fsp3) is 0.200. The van der Waals surface area contributed by atoms with E-state index in [0.717, 1.165) is 11.3 Å². The highest BCUT2D eigenvalue weighted by molar-refractivity contribution is 7.21. The van der Waals surface area contributed by atoms with Crippen molar-refractivity contribution in [2.24, 2.45) is 4.99 Å². The highest BCUT2D eigenvalue weighted by Gasteiger charge is 2.23. The molecule has 0 amide bonds. The zero-order chi connectivity index (χ0) is 21.4. The van der Waals surface area contributed by atoms with E-state index in [1.54, 1.807) is 18.3 Å². The number of halogens is 1. The molecule has 4 aromatic rings. The van der Waals surface area contributed by atoms with E-state index in [0.29, 0.717) is 52.1 Å². The SMILES string of the molecule is Nc1c(/C([O-])=N/c2c[n+](N3CCOCC3)no2)sc2nc(-c3ccc(Cl)cc3)ccc12. The first kappa shape index (κ1) is 19.7. The van der Waals surface area contributed by atoms with Gasteiger partial charge in [0.1, 0.15) is 4.83 Å². The first-order chi connectivity index (χ1) is 15.1. The van der Waals surface area contributed by atoms with Gasteiger partial charge in [-0.25, -0.2) is 9.98 Å². The summed E-state index contributed by atoms with van der Waals surface area (Å²) in [5.41, 5.74) is 8.26. The summed E-state index contributed by atoms with van der Waals surface area (Å²) in [6.45, 7) is 2.56. The zero-order valence-corrected chi connectivity index (χ0v) is 17.8. The molecular weight excluding hydrogens is 440 g/mol. The van der Waals surface area contributed by atoms with Gasteiger partial charge in [0.2, 0.25) is 5.27 Å². The summed E-state index contributed by atoms with van der Waals surface area (Å²) in [6, 6.07) is 11.1. The molecular formula is C20H17ClN6O3S. The molecule has 1 aromatic carbocycles. The maximum atomic E-state index is 12.8. The fourth-order valence-corrected chi connectivity index (χ4v) is 4.36. The average molecular weight is 457 g/mol. The maximum absolute atomic E-state index is 12.8. The van der Waals surface area contributed by atoms with E-state index in [-0.39, 0.29) is 5.88 Å². The Morgan fingerprint density at radius 2 is 1.97 bits per heavy atom. The summed E-state index contributed by atoms with van der Waals surface area (Å²) < 4.78 is 10.5. The van der Waals surface area contributed by atoms with Crippen LogP contribution in [-0.2, 0) is 4.74 Å². The number of rotatable bonds is 4. The lowest BCUT2D eigenvalue weighted by atomic mass is 10.1. The van der Waals surface area contributed by atoms with Gasteiger partial charge in [0, 0.05) is 21.9 Å². The van der Waals surface area contributed by atoms with Crippen molar-refractivity contribution in [3.05, 3.63) is 52.5 Å². The number of aliphatic imine (C=N–C) groups is 1. The average Bonchev–Trinajstić information content (AvgIpc) is 3.39. The van der Waals surface area contributed by atoms with E-state index in [1.165, 1.54) is 16.1 Å². The molecule has 0 saturated carbocycles. The van der Waals surface area contributed by atoms with E-state index < -0.39 is 5.90 Å². The molecule has 1 aliphatic heterocycles. The number of anilines is 1. The molecule has 5 rings (SSSR count). The van der Waals surface area contributed by atoms with Crippen LogP contribution in [0.15, 0.2) is 52.1 Å². The third kappa shape index (κ3) is 3.92. The minimum absolute atomic E-state index is 0.100. The largest absolute Gasteiger partial charge is 0.857 e. The molecule has 1 saturated heterocycles. The second-order valence-electron chi connectivity index (χ2n) is 6.84. The van der Waals surface area contributed by atoms with E-state index >= 15 is 0 Å². The minimum atomic E-state index is -0.501. The molecule has 9 nitrogen and oxygen atoms in total. The third-order valence-electron chi connectivity index (χ3n) is 4.86. The van der Waals surface area contributed by atoms with Gasteiger partial charge >= 0.3 is 5.88 Å². The number of thiophene rings is 1. The van der Waals surface area contributed by atoms with Crippen LogP contribution < -0.4 is 20.6 Å². The van der Waals surface area contributed by atoms with Crippen LogP contribution in [0.25, 0.3) is 21.5 Å². The van der Waals surface area contributed by atoms with E-state index in [4.69, 9.17) is 26.6 Å². The van der Waals surface area contributed by atoms with Crippen LogP contribution in [-0.4, -0.2) is 42.5 Å². The van der Waals surface area contributed by atoms with Crippen molar-refractivity contribution in [2.75, 3.05) is 37.0 Å². The Morgan fingerprint density at radius 1 is 1.19 bits per heavy atom. The lowest BCUT2D eigenvalue weighted by Crippen LogP contribution is -2.62. The molecule has 2 N–H and O–H groups in total. The predicted molar refractivity (Wildman–Crippen MR) is 116 cm³/mol. The monoisotopic (exact) mass is 456 g/mol. The minimum Gasteiger partial charge on any atom is -0.857 e. The van der Waals surface area contributed by atoms with E-state index in [9.17, 15) is 5.11 Å². The van der Waals surface area contributed by atoms with Crippen molar-refractivity contribution in [3.63, 3.8) is 0 Å². The van der Waals surface area contributed by atoms with E-state index in [1.807, 2.05) is 29.3 Å². The predicted octanol–water partition coefficient (Wildman–Crippen LogP) is 1.88. The standard InChI is InChI=1S/C20H17ClN6O3S/c21-13-3-1-12(2-4-13)15-6-5-14-17(22)18(31-20(14)23-15)19(28)24-16-11-27(25-30-16)26-7-9-29-10-8-26/h1-6,11H,7-10H2,(H2-,22,24,25,28). The maximum Gasteiger partial charge on any atom is 0.324 e. The molecule has 1 aliphatic rings. The Morgan fingerprint density at radius 3 is 2.74 bits per heavy atom. The molecule has 3 aromatic heterocycles. The molecule has 11 heteroatoms. The lowest BCUT2D eigenvalue weighted by molar-refractivity contribution is -0.759. The Kier molecular flexibility index (Phi) is 5.18. The number of ether oxygens (including phenoxy) is 1. The number of hydrogen-bond donors (Lipinski definition) is 1. The zero-order valence-electron chi connectivity index (χ0n) is 16.2. The molecule has 0 unspecified atom stereocenters. The van der Waals surface area contributed by atoms with Crippen LogP contribution in [0.2, 0.25) is 5.02 Å². The molecule has 0 radical (unpaired) electrons. The third-order valence-corrected chi connectivity index (χ3v) is 6.22. The van der Waals surface area contributed by atoms with Gasteiger partial charge < -0.3 is 15.6 Å². The van der Waals surface area contributed by atoms with Crippen LogP contribution in [0.1, 0.15) is 4.88 Å². The summed E-state index contributed by atoms with van der Waals surface area (Å²) in [5, 5.41) is 20.0. The van der Waals surface area contributed by atoms with Gasteiger partial charge in [0.25, 0.3) is 6.20 Å². The number of hydrogen-bond acceptors (Lipinski definition) is 9. The molecule has 31 heavy (non-hydrogen) atoms. The number of pyridine rings is 1. The Hall–Kier alpha value is -3.21. The fourth-order valence-electron chi connectivity index (χ4n) is 3.26. The quantitative estimate of drug-likeness (QED) is 0.283. The number of fused-ring (bicyclic) bond motifs is 1. The Balaban J connectivity index is 1.44. The second kappa shape index (κ2) is 8.14. The molecule has 4 heterocycles. The van der Waals surface area contributed by atoms with Gasteiger partial charge in [0.05, 0.1) is 47.4 Å². The van der Waals surface area contributed by atoms with Crippen LogP contribution >= 0.6 is 22.9 Å². The van der Waals surface area contributed by atoms with Gasteiger partial charge in [0.15, 0.2) is 0 Å². The summed E-state index contributed by atoms with van der Waals surface area (Å²) >= 11 is 7.16. The van der Waals surface area contributed by atoms with Gasteiger partial charge in [-0.3, -0.25) is 4.52 Å². The molecule has 158 valence electrons. The van der Waals surface area contributed by atoms with Crippen molar-refractivity contribution >= 4 is 50.6 Å². The second-order valence-corrected chi connectivity index (χ2v) is 8.28. The van der Waals surface area contributed by atoms with Crippen molar-refractivity contribution in [1.82, 2.24) is 10.3 Å². The van der Waals surface area contributed by atoms with Gasteiger partial charge in [-0.05, 0) is 24.3 Å². The van der Waals surface area contributed by atoms with Crippen molar-refractivity contribution in [2.45, 2.75) is 0 Å². The molecule has 0 atom stereocenters. The van der Waals surface area contributed by atoms with Crippen molar-refractivity contribution in [3.8, 4) is 11.3 Å². The first-order valence-corrected chi connectivity index (χ1v) is 10.7. The van der Waals surface area contributed by atoms with Crippen molar-refractivity contribution in [1.29, 1.82) is 0 Å². The number of nitrogen functional groups attached to an aromatic ring is 1. The van der Waals surface area contributed by atoms with Gasteiger partial charge in [-0.1, -0.05) is 23.7 Å². The molecule has 0 bridgehead atoms. The molecule has 0 spiro atoms. The highest BCUT2D eigenvalue weighted by Crippen LogP contribution is 2.34. The van der Waals surface area contributed by atoms with E-state index in [2.05, 4.69) is 15.2 Å². The van der Waals surface area contributed by atoms with Crippen LogP contribution in [0.4, 0.5) is 11.6 Å². The number of aromatic nitrogens is 3. The van der Waals surface area contributed by atoms with Gasteiger partial charge in [-0.15, -0.1) is 16.3 Å². The Labute approximate surface area is 185 Å². The smallest absolute Gasteiger partial charge is 0.324 e. The molecule has 1 fully saturated rings. The lowest BCUT2D eigenvalue weighted by Gasteiger charge is -2.18. The summed E-state index contributed by atoms with van der Waals surface area (Å²) in [4.78, 5) is 11.2. The molecule has 0 aliphatic carbocycles. The number of benzene rings is 1. The first-order valence-electron chi connectivity index (χ1n) is 9.51. The topological polar surface area (TPSA) is 117 Å². The van der Waals surface area contributed by atoms with Crippen LogP contribution in [0.3, 0.4) is 0 Å². The number of nitrogens with two attached hydrogens (primary N) is 1. The van der Waals surface area contributed by atoms with Crippen LogP contribution in [0, 0.1) is 0 Å². The Bertz CT molecular complexity index is 1260. The summed E-state index contributed by atoms with van der Waals surface area (Å²) in [5.74, 6) is -0.401. The number of morpholine rings is 1. The van der Waals surface area contributed by atoms with Crippen LogP contribution in [0.5, 0.6) is 0 Å². The summed E-state index contributed by atoms with van der Waals surface area (Å²) in [6.07, 6.45) is 1.56. The summed E-state index contributed by atoms with van der Waals surface area (Å²) in [7, 11) is 0. The highest BCUT2D eigenvalue weighted by atomic mass is 35.5. The van der Waals surface area contributed by atoms with Crippen molar-refractivity contribution < 1.29 is 19.2 Å².